The molecule has 1 aliphatic carbocycles. The van der Waals surface area contributed by atoms with E-state index in [0.717, 1.165) is 12.2 Å². The Morgan fingerprint density at radius 1 is 1.27 bits per heavy atom. The second-order valence-electron chi connectivity index (χ2n) is 2.95. The second kappa shape index (κ2) is 5.83. The van der Waals surface area contributed by atoms with Crippen LogP contribution in [0.3, 0.4) is 0 Å². The summed E-state index contributed by atoms with van der Waals surface area (Å²) in [4.78, 5) is 4.86. The van der Waals surface area contributed by atoms with Crippen molar-refractivity contribution >= 4 is 12.2 Å². The summed E-state index contributed by atoms with van der Waals surface area (Å²) in [6.07, 6.45) is 6.60. The molecular weight excluding hydrogens is 162 g/mol. The van der Waals surface area contributed by atoms with Crippen molar-refractivity contribution in [2.24, 2.45) is 11.1 Å². The topological polar surface area (TPSA) is 44.5 Å². The Bertz CT molecular complexity index is 96.4. The van der Waals surface area contributed by atoms with Crippen molar-refractivity contribution in [3.63, 3.8) is 0 Å². The van der Waals surface area contributed by atoms with Gasteiger partial charge in [0.1, 0.15) is 12.2 Å². The first-order chi connectivity index (χ1) is 5.43. The fraction of sp³-hybridized carbons (Fsp3) is 1.00. The highest BCUT2D eigenvalue weighted by molar-refractivity contribution is 7.92. The van der Waals surface area contributed by atoms with Crippen molar-refractivity contribution in [1.82, 2.24) is 0 Å². The van der Waals surface area contributed by atoms with E-state index in [4.69, 9.17) is 10.0 Å². The molecule has 1 aliphatic rings. The normalized spacial score (nSPS) is 20.5. The van der Waals surface area contributed by atoms with Gasteiger partial charge in [-0.15, -0.1) is 4.33 Å². The molecule has 0 bridgehead atoms. The Morgan fingerprint density at radius 3 is 2.64 bits per heavy atom. The quantitative estimate of drug-likeness (QED) is 0.235. The summed E-state index contributed by atoms with van der Waals surface area (Å²) in [6, 6.07) is 0. The predicted octanol–water partition coefficient (Wildman–Crippen LogP) is 2.04. The highest BCUT2D eigenvalue weighted by Crippen LogP contribution is 2.23. The lowest BCUT2D eigenvalue weighted by Crippen LogP contribution is -2.12. The van der Waals surface area contributed by atoms with Crippen LogP contribution in [0.5, 0.6) is 0 Å². The minimum Gasteiger partial charge on any atom is -0.251 e. The van der Waals surface area contributed by atoms with Gasteiger partial charge in [-0.2, -0.15) is 0 Å². The summed E-state index contributed by atoms with van der Waals surface area (Å²) in [5, 5.41) is 5.01. The molecule has 3 nitrogen and oxygen atoms in total. The van der Waals surface area contributed by atoms with E-state index >= 15 is 0 Å². The van der Waals surface area contributed by atoms with E-state index in [9.17, 15) is 0 Å². The highest BCUT2D eigenvalue weighted by atomic mass is 32.2. The molecule has 0 radical (unpaired) electrons. The van der Waals surface area contributed by atoms with Crippen LogP contribution in [0.25, 0.3) is 0 Å². The standard InChI is InChI=1S/C7H15NO2S/c8-11-10-9-6-7-4-2-1-3-5-7/h7H,1-6,8H2. The molecule has 0 heterocycles. The number of hydrogen-bond acceptors (Lipinski definition) is 4. The summed E-state index contributed by atoms with van der Waals surface area (Å²) >= 11 is 0.768. The molecule has 0 aromatic heterocycles. The summed E-state index contributed by atoms with van der Waals surface area (Å²) in [5.74, 6) is 0.691. The van der Waals surface area contributed by atoms with Crippen molar-refractivity contribution in [2.75, 3.05) is 6.61 Å². The minimum absolute atomic E-state index is 0.691. The average molecular weight is 177 g/mol. The van der Waals surface area contributed by atoms with Crippen LogP contribution in [-0.4, -0.2) is 6.61 Å². The van der Waals surface area contributed by atoms with Gasteiger partial charge in [-0.1, -0.05) is 19.3 Å². The molecule has 2 N–H and O–H groups in total. The monoisotopic (exact) mass is 177 g/mol. The van der Waals surface area contributed by atoms with Crippen molar-refractivity contribution in [3.8, 4) is 0 Å². The molecule has 4 heteroatoms. The third kappa shape index (κ3) is 3.96. The van der Waals surface area contributed by atoms with Gasteiger partial charge in [0.15, 0.2) is 0 Å². The molecule has 0 aliphatic heterocycles. The Labute approximate surface area is 71.9 Å². The van der Waals surface area contributed by atoms with Crippen LogP contribution in [0.4, 0.5) is 0 Å². The zero-order chi connectivity index (χ0) is 7.94. The average Bonchev–Trinajstić information content (AvgIpc) is 2.07. The maximum Gasteiger partial charge on any atom is 0.115 e. The molecule has 1 fully saturated rings. The smallest absolute Gasteiger partial charge is 0.115 e. The van der Waals surface area contributed by atoms with Crippen molar-refractivity contribution in [3.05, 3.63) is 0 Å². The van der Waals surface area contributed by atoms with Crippen LogP contribution < -0.4 is 5.14 Å². The van der Waals surface area contributed by atoms with Crippen LogP contribution >= 0.6 is 12.2 Å². The molecule has 0 aromatic rings. The van der Waals surface area contributed by atoms with E-state index in [-0.39, 0.29) is 0 Å². The third-order valence-corrected chi connectivity index (χ3v) is 2.29. The zero-order valence-corrected chi connectivity index (χ0v) is 7.44. The fourth-order valence-electron chi connectivity index (χ4n) is 1.51. The predicted molar refractivity (Wildman–Crippen MR) is 45.4 cm³/mol. The largest absolute Gasteiger partial charge is 0.251 e. The summed E-state index contributed by atoms with van der Waals surface area (Å²) in [6.45, 7) is 0.699. The van der Waals surface area contributed by atoms with E-state index in [2.05, 4.69) is 4.33 Å². The zero-order valence-electron chi connectivity index (χ0n) is 6.62. The van der Waals surface area contributed by atoms with Gasteiger partial charge in [0, 0.05) is 0 Å². The Kier molecular flexibility index (Phi) is 4.94. The number of nitrogens with two attached hydrogens (primary N) is 1. The lowest BCUT2D eigenvalue weighted by atomic mass is 9.90. The first-order valence-corrected chi connectivity index (χ1v) is 4.89. The van der Waals surface area contributed by atoms with Gasteiger partial charge < -0.3 is 0 Å². The SMILES string of the molecule is NSOOCC1CCCCC1. The Morgan fingerprint density at radius 2 is 2.00 bits per heavy atom. The van der Waals surface area contributed by atoms with E-state index < -0.39 is 0 Å². The molecule has 0 aromatic carbocycles. The molecule has 1 saturated carbocycles. The lowest BCUT2D eigenvalue weighted by molar-refractivity contribution is -0.203. The summed E-state index contributed by atoms with van der Waals surface area (Å²) in [7, 11) is 0. The maximum absolute atomic E-state index is 5.01. The molecule has 66 valence electrons. The van der Waals surface area contributed by atoms with Gasteiger partial charge in [0.25, 0.3) is 0 Å². The van der Waals surface area contributed by atoms with Crippen LogP contribution in [0.15, 0.2) is 0 Å². The van der Waals surface area contributed by atoms with Crippen LogP contribution in [0.1, 0.15) is 32.1 Å². The summed E-state index contributed by atoms with van der Waals surface area (Å²) in [5.41, 5.74) is 0. The first kappa shape index (κ1) is 9.32. The van der Waals surface area contributed by atoms with E-state index in [1.165, 1.54) is 32.1 Å². The first-order valence-electron chi connectivity index (χ1n) is 4.08. The number of hydrogen-bond donors (Lipinski definition) is 1. The minimum atomic E-state index is 0.691. The van der Waals surface area contributed by atoms with E-state index in [1.54, 1.807) is 0 Å². The molecule has 1 rings (SSSR count). The Hall–Kier alpha value is 0.230. The van der Waals surface area contributed by atoms with Crippen molar-refractivity contribution in [2.45, 2.75) is 32.1 Å². The van der Waals surface area contributed by atoms with Crippen molar-refractivity contribution in [1.29, 1.82) is 0 Å². The molecule has 0 amide bonds. The highest BCUT2D eigenvalue weighted by Gasteiger charge is 2.13. The molecule has 0 saturated heterocycles. The van der Waals surface area contributed by atoms with Crippen LogP contribution in [0, 0.1) is 5.92 Å². The van der Waals surface area contributed by atoms with Crippen LogP contribution in [-0.2, 0) is 9.22 Å². The van der Waals surface area contributed by atoms with E-state index in [1.807, 2.05) is 0 Å². The Balaban J connectivity index is 1.96. The maximum atomic E-state index is 5.01. The van der Waals surface area contributed by atoms with Crippen LogP contribution in [0.2, 0.25) is 0 Å². The fourth-order valence-corrected chi connectivity index (χ4v) is 1.62. The van der Waals surface area contributed by atoms with Gasteiger partial charge in [0.05, 0.1) is 6.61 Å². The molecule has 11 heavy (non-hydrogen) atoms. The van der Waals surface area contributed by atoms with Gasteiger partial charge in [-0.3, -0.25) is 5.14 Å². The molecule has 0 unspecified atom stereocenters. The van der Waals surface area contributed by atoms with Crippen molar-refractivity contribution < 1.29 is 9.22 Å². The van der Waals surface area contributed by atoms with Gasteiger partial charge in [-0.05, 0) is 18.8 Å². The summed E-state index contributed by atoms with van der Waals surface area (Å²) < 4.78 is 4.53. The van der Waals surface area contributed by atoms with Gasteiger partial charge >= 0.3 is 0 Å². The molecule has 0 atom stereocenters. The number of rotatable bonds is 4. The lowest BCUT2D eigenvalue weighted by Gasteiger charge is -2.19. The second-order valence-corrected chi connectivity index (χ2v) is 3.28. The van der Waals surface area contributed by atoms with Gasteiger partial charge in [0.2, 0.25) is 0 Å². The van der Waals surface area contributed by atoms with Gasteiger partial charge in [-0.25, -0.2) is 4.89 Å². The molecule has 0 spiro atoms. The van der Waals surface area contributed by atoms with E-state index in [0.29, 0.717) is 12.5 Å². The molecular formula is C7H15NO2S. The third-order valence-electron chi connectivity index (χ3n) is 2.12.